The van der Waals surface area contributed by atoms with Gasteiger partial charge in [-0.3, -0.25) is 4.79 Å². The molecule has 1 saturated heterocycles. The molecule has 0 atom stereocenters. The number of carbonyl (C=O) groups excluding carboxylic acids is 1. The number of aromatic nitrogens is 3. The summed E-state index contributed by atoms with van der Waals surface area (Å²) in [6.07, 6.45) is 5.82. The number of oxazole rings is 1. The summed E-state index contributed by atoms with van der Waals surface area (Å²) in [6.45, 7) is 3.76. The molecule has 0 aliphatic carbocycles. The predicted octanol–water partition coefficient (Wildman–Crippen LogP) is 3.36. The summed E-state index contributed by atoms with van der Waals surface area (Å²) in [5.74, 6) is 0.595. The van der Waals surface area contributed by atoms with Gasteiger partial charge in [0.05, 0.1) is 5.56 Å². The second kappa shape index (κ2) is 8.76. The first-order valence-electron chi connectivity index (χ1n) is 10.8. The van der Waals surface area contributed by atoms with Crippen LogP contribution in [0.2, 0.25) is 0 Å². The number of amides is 1. The van der Waals surface area contributed by atoms with E-state index in [9.17, 15) is 4.79 Å². The van der Waals surface area contributed by atoms with Crippen LogP contribution in [0.5, 0.6) is 0 Å². The van der Waals surface area contributed by atoms with Gasteiger partial charge in [-0.25, -0.2) is 15.0 Å². The van der Waals surface area contributed by atoms with Gasteiger partial charge in [0.1, 0.15) is 11.3 Å². The number of hydrogen-bond donors (Lipinski definition) is 2. The molecular formula is C24H24N6O2. The molecule has 3 aromatic heterocycles. The standard InChI is InChI=1S/C24H24N6O2/c25-21-19(23-29-20-7-4-8-27-24(20)32-23)14-18(15-28-21)16-5-3-6-17(13-16)22(31)26-9-12-30-10-1-2-11-30/h3-8,13-15H,1-2,9-12H2,(H2,25,28)(H,26,31). The van der Waals surface area contributed by atoms with Gasteiger partial charge in [0.2, 0.25) is 11.6 Å². The summed E-state index contributed by atoms with van der Waals surface area (Å²) >= 11 is 0. The first kappa shape index (κ1) is 20.1. The van der Waals surface area contributed by atoms with E-state index in [1.54, 1.807) is 18.5 Å². The molecule has 1 aliphatic rings. The highest BCUT2D eigenvalue weighted by atomic mass is 16.4. The Balaban J connectivity index is 1.36. The molecule has 8 nitrogen and oxygen atoms in total. The minimum atomic E-state index is -0.0836. The summed E-state index contributed by atoms with van der Waals surface area (Å²) in [5.41, 5.74) is 10.1. The van der Waals surface area contributed by atoms with E-state index in [0.717, 1.165) is 30.8 Å². The average molecular weight is 428 g/mol. The lowest BCUT2D eigenvalue weighted by molar-refractivity contribution is 0.0950. The van der Waals surface area contributed by atoms with E-state index >= 15 is 0 Å². The molecule has 0 saturated carbocycles. The zero-order chi connectivity index (χ0) is 21.9. The van der Waals surface area contributed by atoms with E-state index in [1.165, 1.54) is 12.8 Å². The molecule has 8 heteroatoms. The summed E-state index contributed by atoms with van der Waals surface area (Å²) in [4.78, 5) is 28.0. The van der Waals surface area contributed by atoms with Crippen molar-refractivity contribution in [3.63, 3.8) is 0 Å². The van der Waals surface area contributed by atoms with Gasteiger partial charge in [-0.15, -0.1) is 0 Å². The number of nitrogens with two attached hydrogens (primary N) is 1. The Bertz CT molecular complexity index is 1230. The Labute approximate surface area is 185 Å². The normalized spacial score (nSPS) is 14.1. The number of pyridine rings is 2. The van der Waals surface area contributed by atoms with Crippen LogP contribution in [0.1, 0.15) is 23.2 Å². The van der Waals surface area contributed by atoms with E-state index in [1.807, 2.05) is 36.4 Å². The van der Waals surface area contributed by atoms with Crippen molar-refractivity contribution in [2.24, 2.45) is 0 Å². The SMILES string of the molecule is Nc1ncc(-c2cccc(C(=O)NCCN3CCCC3)c2)cc1-c1nc2cccnc2o1. The van der Waals surface area contributed by atoms with Gasteiger partial charge in [-0.05, 0) is 61.8 Å². The fraction of sp³-hybridized carbons (Fsp3) is 0.250. The first-order valence-corrected chi connectivity index (χ1v) is 10.8. The minimum absolute atomic E-state index is 0.0836. The fourth-order valence-corrected chi connectivity index (χ4v) is 3.97. The van der Waals surface area contributed by atoms with Crippen LogP contribution < -0.4 is 11.1 Å². The lowest BCUT2D eigenvalue weighted by atomic mass is 10.0. The lowest BCUT2D eigenvalue weighted by Crippen LogP contribution is -2.33. The van der Waals surface area contributed by atoms with Crippen LogP contribution in [0, 0.1) is 0 Å². The summed E-state index contributed by atoms with van der Waals surface area (Å²) in [6, 6.07) is 13.0. The molecule has 1 aromatic carbocycles. The van der Waals surface area contributed by atoms with Crippen molar-refractivity contribution >= 4 is 23.0 Å². The van der Waals surface area contributed by atoms with E-state index < -0.39 is 0 Å². The molecular weight excluding hydrogens is 404 g/mol. The maximum absolute atomic E-state index is 12.6. The van der Waals surface area contributed by atoms with Crippen LogP contribution in [0.3, 0.4) is 0 Å². The smallest absolute Gasteiger partial charge is 0.251 e. The minimum Gasteiger partial charge on any atom is -0.418 e. The second-order valence-corrected chi connectivity index (χ2v) is 7.89. The van der Waals surface area contributed by atoms with E-state index in [-0.39, 0.29) is 5.91 Å². The number of carbonyl (C=O) groups is 1. The highest BCUT2D eigenvalue weighted by Gasteiger charge is 2.15. The number of anilines is 1. The molecule has 162 valence electrons. The lowest BCUT2D eigenvalue weighted by Gasteiger charge is -2.15. The first-order chi connectivity index (χ1) is 15.7. The number of rotatable bonds is 6. The Kier molecular flexibility index (Phi) is 5.51. The molecule has 4 heterocycles. The number of nitrogens with zero attached hydrogens (tertiary/aromatic N) is 4. The van der Waals surface area contributed by atoms with Crippen LogP contribution >= 0.6 is 0 Å². The molecule has 0 spiro atoms. The second-order valence-electron chi connectivity index (χ2n) is 7.89. The van der Waals surface area contributed by atoms with Gasteiger partial charge in [0, 0.05) is 36.6 Å². The van der Waals surface area contributed by atoms with Gasteiger partial charge < -0.3 is 20.4 Å². The van der Waals surface area contributed by atoms with Crippen LogP contribution in [-0.2, 0) is 0 Å². The van der Waals surface area contributed by atoms with Crippen LogP contribution in [0.15, 0.2) is 59.3 Å². The van der Waals surface area contributed by atoms with Gasteiger partial charge in [0.15, 0.2) is 0 Å². The largest absolute Gasteiger partial charge is 0.418 e. The highest BCUT2D eigenvalue weighted by molar-refractivity contribution is 5.95. The topological polar surface area (TPSA) is 110 Å². The molecule has 0 bridgehead atoms. The van der Waals surface area contributed by atoms with Gasteiger partial charge in [-0.2, -0.15) is 0 Å². The van der Waals surface area contributed by atoms with Crippen molar-refractivity contribution in [2.45, 2.75) is 12.8 Å². The zero-order valence-corrected chi connectivity index (χ0v) is 17.6. The third-order valence-corrected chi connectivity index (χ3v) is 5.69. The van der Waals surface area contributed by atoms with Crippen LogP contribution in [-0.4, -0.2) is 51.9 Å². The molecule has 0 unspecified atom stereocenters. The van der Waals surface area contributed by atoms with Crippen molar-refractivity contribution in [2.75, 3.05) is 31.9 Å². The van der Waals surface area contributed by atoms with Crippen molar-refractivity contribution in [1.29, 1.82) is 0 Å². The van der Waals surface area contributed by atoms with Crippen LogP contribution in [0.4, 0.5) is 5.82 Å². The van der Waals surface area contributed by atoms with Gasteiger partial charge in [0.25, 0.3) is 5.91 Å². The Hall–Kier alpha value is -3.78. The number of benzene rings is 1. The molecule has 0 radical (unpaired) electrons. The van der Waals surface area contributed by atoms with Crippen molar-refractivity contribution in [3.05, 3.63) is 60.4 Å². The Morgan fingerprint density at radius 3 is 2.81 bits per heavy atom. The maximum atomic E-state index is 12.6. The monoisotopic (exact) mass is 428 g/mol. The van der Waals surface area contributed by atoms with E-state index in [2.05, 4.69) is 25.2 Å². The molecule has 3 N–H and O–H groups in total. The number of fused-ring (bicyclic) bond motifs is 1. The molecule has 5 rings (SSSR count). The van der Waals surface area contributed by atoms with Gasteiger partial charge >= 0.3 is 0 Å². The summed E-state index contributed by atoms with van der Waals surface area (Å²) in [7, 11) is 0. The van der Waals surface area contributed by atoms with Gasteiger partial charge in [-0.1, -0.05) is 12.1 Å². The van der Waals surface area contributed by atoms with Crippen molar-refractivity contribution < 1.29 is 9.21 Å². The third-order valence-electron chi connectivity index (χ3n) is 5.69. The third kappa shape index (κ3) is 4.17. The number of likely N-dealkylation sites (tertiary alicyclic amines) is 1. The molecule has 1 fully saturated rings. The Morgan fingerprint density at radius 1 is 1.09 bits per heavy atom. The Morgan fingerprint density at radius 2 is 1.97 bits per heavy atom. The summed E-state index contributed by atoms with van der Waals surface area (Å²) < 4.78 is 5.76. The molecule has 1 aliphatic heterocycles. The van der Waals surface area contributed by atoms with Crippen molar-refractivity contribution in [3.8, 4) is 22.6 Å². The predicted molar refractivity (Wildman–Crippen MR) is 123 cm³/mol. The average Bonchev–Trinajstić information content (AvgIpc) is 3.49. The van der Waals surface area contributed by atoms with Crippen molar-refractivity contribution in [1.82, 2.24) is 25.2 Å². The molecule has 4 aromatic rings. The number of hydrogen-bond acceptors (Lipinski definition) is 7. The molecule has 32 heavy (non-hydrogen) atoms. The quantitative estimate of drug-likeness (QED) is 0.484. The summed E-state index contributed by atoms with van der Waals surface area (Å²) in [5, 5.41) is 3.02. The molecule has 1 amide bonds. The van der Waals surface area contributed by atoms with E-state index in [4.69, 9.17) is 10.2 Å². The fourth-order valence-electron chi connectivity index (χ4n) is 3.97. The van der Waals surface area contributed by atoms with Crippen LogP contribution in [0.25, 0.3) is 33.8 Å². The number of nitrogen functional groups attached to an aromatic ring is 1. The number of nitrogens with one attached hydrogen (secondary N) is 1. The maximum Gasteiger partial charge on any atom is 0.251 e. The highest BCUT2D eigenvalue weighted by Crippen LogP contribution is 2.31. The zero-order valence-electron chi connectivity index (χ0n) is 17.6. The van der Waals surface area contributed by atoms with E-state index in [0.29, 0.717) is 40.6 Å².